The Morgan fingerprint density at radius 1 is 1.18 bits per heavy atom. The summed E-state index contributed by atoms with van der Waals surface area (Å²) in [6.45, 7) is 21.6. The van der Waals surface area contributed by atoms with Crippen molar-refractivity contribution in [2.45, 2.75) is 132 Å². The Kier molecular flexibility index (Phi) is 15.3. The quantitative estimate of drug-likeness (QED) is 0.178. The number of aliphatic hydroxyl groups excluding tert-OH is 2. The lowest BCUT2D eigenvalue weighted by molar-refractivity contribution is -0.154. The van der Waals surface area contributed by atoms with E-state index in [1.807, 2.05) is 26.8 Å². The molecule has 1 aliphatic rings. The maximum Gasteiger partial charge on any atom is 0.309 e. The average Bonchev–Trinajstić information content (AvgIpc) is 2.88. The number of nitrogens with one attached hydrogen (secondary N) is 1. The summed E-state index contributed by atoms with van der Waals surface area (Å²) in [6, 6.07) is -0.0354. The van der Waals surface area contributed by atoms with E-state index in [1.165, 1.54) is 0 Å². The van der Waals surface area contributed by atoms with Crippen molar-refractivity contribution in [3.63, 3.8) is 0 Å². The van der Waals surface area contributed by atoms with Crippen LogP contribution >= 0.6 is 12.2 Å². The first-order chi connectivity index (χ1) is 18.5. The first-order valence-corrected chi connectivity index (χ1v) is 15.7. The molecule has 1 aliphatic heterocycles. The van der Waals surface area contributed by atoms with Crippen molar-refractivity contribution in [3.05, 3.63) is 24.3 Å². The number of carbonyl (C=O) groups excluding carboxylic acids is 2. The highest BCUT2D eigenvalue weighted by atomic mass is 32.1. The summed E-state index contributed by atoms with van der Waals surface area (Å²) < 4.78 is 6.01. The molecule has 0 aromatic carbocycles. The van der Waals surface area contributed by atoms with Crippen molar-refractivity contribution in [1.82, 2.24) is 5.32 Å². The van der Waals surface area contributed by atoms with Gasteiger partial charge in [-0.2, -0.15) is 0 Å². The number of ketones is 1. The average molecular weight is 580 g/mol. The monoisotopic (exact) mass is 579 g/mol. The minimum absolute atomic E-state index is 0.0354. The third-order valence-corrected chi connectivity index (χ3v) is 9.37. The summed E-state index contributed by atoms with van der Waals surface area (Å²) in [5.74, 6) is -0.587. The summed E-state index contributed by atoms with van der Waals surface area (Å²) in [5.41, 5.74) is -0.298. The standard InChI is InChI=1S/C33H57NO5S/c1-11-20(3)16-29(40)34-24(7)17-23(6)27-18-26(12-2)21(4)14-13-15-22(5)31(37)25(8)32(38)33(9,10)28(35)19-30(36)39-27/h12,17,20-22,24-28,31,35,37H,2,11,13-16,18-19H2,1,3-10H3,(H,34,40)/b23-17+/t20?,21?,22?,24-,25-,26+,27+,28?,31+/m1/s1. The van der Waals surface area contributed by atoms with E-state index in [0.29, 0.717) is 18.3 Å². The number of Topliss-reactive ketones (excluding diaryl/α,β-unsaturated/α-hetero) is 1. The van der Waals surface area contributed by atoms with Gasteiger partial charge in [0.1, 0.15) is 11.9 Å². The number of aliphatic hydroxyl groups is 2. The van der Waals surface area contributed by atoms with Gasteiger partial charge in [0.25, 0.3) is 0 Å². The third kappa shape index (κ3) is 11.0. The summed E-state index contributed by atoms with van der Waals surface area (Å²) >= 11 is 5.56. The molecule has 1 rings (SSSR count). The smallest absolute Gasteiger partial charge is 0.309 e. The minimum atomic E-state index is -1.23. The summed E-state index contributed by atoms with van der Waals surface area (Å²) in [6.07, 6.45) is 6.28. The summed E-state index contributed by atoms with van der Waals surface area (Å²) in [5, 5.41) is 25.3. The van der Waals surface area contributed by atoms with E-state index < -0.39 is 35.6 Å². The first-order valence-electron chi connectivity index (χ1n) is 15.2. The van der Waals surface area contributed by atoms with E-state index in [-0.39, 0.29) is 30.1 Å². The van der Waals surface area contributed by atoms with Gasteiger partial charge in [0.05, 0.1) is 29.0 Å². The molecule has 40 heavy (non-hydrogen) atoms. The van der Waals surface area contributed by atoms with E-state index in [0.717, 1.165) is 42.7 Å². The van der Waals surface area contributed by atoms with Crippen molar-refractivity contribution in [3.8, 4) is 0 Å². The van der Waals surface area contributed by atoms with E-state index in [4.69, 9.17) is 17.0 Å². The molecule has 7 heteroatoms. The highest BCUT2D eigenvalue weighted by Gasteiger charge is 2.42. The second-order valence-electron chi connectivity index (χ2n) is 13.1. The molecule has 0 aliphatic carbocycles. The molecular formula is C33H57NO5S. The van der Waals surface area contributed by atoms with Gasteiger partial charge in [-0.15, -0.1) is 6.58 Å². The Morgan fingerprint density at radius 3 is 2.35 bits per heavy atom. The molecular weight excluding hydrogens is 522 g/mol. The van der Waals surface area contributed by atoms with Gasteiger partial charge in [-0.05, 0) is 55.9 Å². The van der Waals surface area contributed by atoms with Gasteiger partial charge in [-0.25, -0.2) is 0 Å². The van der Waals surface area contributed by atoms with Crippen LogP contribution in [0.5, 0.6) is 0 Å². The van der Waals surface area contributed by atoms with Crippen molar-refractivity contribution < 1.29 is 24.5 Å². The number of hydrogen-bond acceptors (Lipinski definition) is 6. The molecule has 0 amide bonds. The lowest BCUT2D eigenvalue weighted by atomic mass is 9.72. The molecule has 0 spiro atoms. The van der Waals surface area contributed by atoms with Crippen LogP contribution in [-0.2, 0) is 14.3 Å². The molecule has 0 radical (unpaired) electrons. The van der Waals surface area contributed by atoms with Gasteiger partial charge < -0.3 is 20.3 Å². The Hall–Kier alpha value is -1.57. The maximum atomic E-state index is 13.3. The normalized spacial score (nSPS) is 33.0. The van der Waals surface area contributed by atoms with E-state index in [2.05, 4.69) is 38.7 Å². The van der Waals surface area contributed by atoms with Crippen LogP contribution in [0.3, 0.4) is 0 Å². The molecule has 4 unspecified atom stereocenters. The van der Waals surface area contributed by atoms with Crippen LogP contribution < -0.4 is 5.32 Å². The van der Waals surface area contributed by atoms with Crippen LogP contribution in [0.15, 0.2) is 24.3 Å². The maximum absolute atomic E-state index is 13.3. The number of carbonyl (C=O) groups is 2. The van der Waals surface area contributed by atoms with Crippen LogP contribution in [0.4, 0.5) is 0 Å². The molecule has 1 fully saturated rings. The number of cyclic esters (lactones) is 1. The van der Waals surface area contributed by atoms with Crippen molar-refractivity contribution in [2.24, 2.45) is 35.0 Å². The fourth-order valence-electron chi connectivity index (χ4n) is 5.62. The Morgan fingerprint density at radius 2 is 1.77 bits per heavy atom. The molecule has 1 saturated heterocycles. The third-order valence-electron chi connectivity index (χ3n) is 9.09. The number of allylic oxidation sites excluding steroid dienone is 1. The molecule has 9 atom stereocenters. The highest BCUT2D eigenvalue weighted by molar-refractivity contribution is 7.80. The number of hydrogen-bond donors (Lipinski definition) is 3. The number of esters is 1. The van der Waals surface area contributed by atoms with E-state index >= 15 is 0 Å². The number of thiocarbonyl (C=S) groups is 1. The molecule has 0 saturated carbocycles. The van der Waals surface area contributed by atoms with Crippen LogP contribution in [0.2, 0.25) is 0 Å². The van der Waals surface area contributed by atoms with Gasteiger partial charge in [0, 0.05) is 18.4 Å². The number of rotatable bonds is 7. The van der Waals surface area contributed by atoms with Crippen LogP contribution in [0.1, 0.15) is 107 Å². The van der Waals surface area contributed by atoms with Gasteiger partial charge in [0.2, 0.25) is 0 Å². The van der Waals surface area contributed by atoms with Gasteiger partial charge in [0.15, 0.2) is 0 Å². The van der Waals surface area contributed by atoms with Crippen molar-refractivity contribution in [1.29, 1.82) is 0 Å². The lowest BCUT2D eigenvalue weighted by Gasteiger charge is -2.35. The zero-order valence-corrected chi connectivity index (χ0v) is 27.4. The molecule has 0 aromatic rings. The van der Waals surface area contributed by atoms with E-state index in [1.54, 1.807) is 20.8 Å². The fraction of sp³-hybridized carbons (Fsp3) is 0.788. The Bertz CT molecular complexity index is 884. The van der Waals surface area contributed by atoms with Crippen molar-refractivity contribution in [2.75, 3.05) is 0 Å². The molecule has 6 nitrogen and oxygen atoms in total. The second kappa shape index (κ2) is 16.8. The first kappa shape index (κ1) is 36.5. The highest BCUT2D eigenvalue weighted by Crippen LogP contribution is 2.34. The largest absolute Gasteiger partial charge is 0.458 e. The predicted molar refractivity (Wildman–Crippen MR) is 168 cm³/mol. The fourth-order valence-corrected chi connectivity index (χ4v) is 6.09. The zero-order valence-electron chi connectivity index (χ0n) is 26.5. The SMILES string of the molecule is C=C[C@H]1C[C@@H](/C(C)=C/[C@@H](C)NC(=S)CC(C)CC)OC(=O)CC(O)C(C)(C)C(=O)[C@H](C)[C@@H](O)C(C)CCCC1C. The van der Waals surface area contributed by atoms with E-state index in [9.17, 15) is 19.8 Å². The molecule has 0 aromatic heterocycles. The topological polar surface area (TPSA) is 95.9 Å². The summed E-state index contributed by atoms with van der Waals surface area (Å²) in [7, 11) is 0. The van der Waals surface area contributed by atoms with Gasteiger partial charge in [-0.1, -0.05) is 92.1 Å². The predicted octanol–water partition coefficient (Wildman–Crippen LogP) is 6.58. The van der Waals surface area contributed by atoms with Gasteiger partial charge >= 0.3 is 5.97 Å². The molecule has 3 N–H and O–H groups in total. The van der Waals surface area contributed by atoms with Gasteiger partial charge in [-0.3, -0.25) is 9.59 Å². The van der Waals surface area contributed by atoms with Crippen molar-refractivity contribution >= 4 is 29.0 Å². The molecule has 230 valence electrons. The number of ether oxygens (including phenoxy) is 1. The molecule has 0 bridgehead atoms. The Labute approximate surface area is 249 Å². The van der Waals surface area contributed by atoms with Crippen LogP contribution in [-0.4, -0.2) is 51.3 Å². The molecule has 1 heterocycles. The minimum Gasteiger partial charge on any atom is -0.458 e. The van der Waals surface area contributed by atoms with Crippen LogP contribution in [0.25, 0.3) is 0 Å². The second-order valence-corrected chi connectivity index (χ2v) is 13.6. The zero-order chi connectivity index (χ0) is 30.8. The van der Waals surface area contributed by atoms with Crippen LogP contribution in [0, 0.1) is 35.0 Å². The Balaban J connectivity index is 3.28. The lowest BCUT2D eigenvalue weighted by Crippen LogP contribution is -2.45. The summed E-state index contributed by atoms with van der Waals surface area (Å²) in [4.78, 5) is 27.3.